The molecule has 1 rings (SSSR count). The number of amides is 2. The van der Waals surface area contributed by atoms with Gasteiger partial charge in [0, 0.05) is 6.54 Å². The van der Waals surface area contributed by atoms with Crippen LogP contribution in [0.4, 0.5) is 18.0 Å². The molecule has 20 heavy (non-hydrogen) atoms. The zero-order valence-electron chi connectivity index (χ0n) is 11.6. The first kappa shape index (κ1) is 16.3. The van der Waals surface area contributed by atoms with Crippen molar-refractivity contribution in [3.63, 3.8) is 0 Å². The van der Waals surface area contributed by atoms with Crippen molar-refractivity contribution in [2.24, 2.45) is 0 Å². The summed E-state index contributed by atoms with van der Waals surface area (Å²) in [4.78, 5) is 11.5. The van der Waals surface area contributed by atoms with E-state index in [2.05, 4.69) is 10.6 Å². The summed E-state index contributed by atoms with van der Waals surface area (Å²) in [6.45, 7) is 4.21. The Balaban J connectivity index is 2.63. The van der Waals surface area contributed by atoms with Gasteiger partial charge in [0.1, 0.15) is 0 Å². The minimum absolute atomic E-state index is 0.372. The SMILES string of the molecule is CCCCNC(=O)NC(C)c1cccc(C(F)(F)F)c1. The summed E-state index contributed by atoms with van der Waals surface area (Å²) in [6.07, 6.45) is -2.55. The summed E-state index contributed by atoms with van der Waals surface area (Å²) in [5.41, 5.74) is -0.291. The van der Waals surface area contributed by atoms with Crippen molar-refractivity contribution in [1.29, 1.82) is 0 Å². The lowest BCUT2D eigenvalue weighted by molar-refractivity contribution is -0.137. The van der Waals surface area contributed by atoms with Crippen LogP contribution in [0.5, 0.6) is 0 Å². The van der Waals surface area contributed by atoms with Gasteiger partial charge in [0.15, 0.2) is 0 Å². The average molecular weight is 288 g/mol. The number of rotatable bonds is 5. The Morgan fingerprint density at radius 2 is 2.05 bits per heavy atom. The van der Waals surface area contributed by atoms with E-state index in [1.165, 1.54) is 6.07 Å². The summed E-state index contributed by atoms with van der Waals surface area (Å²) in [5.74, 6) is 0. The summed E-state index contributed by atoms with van der Waals surface area (Å²) in [7, 11) is 0. The molecule has 112 valence electrons. The predicted octanol–water partition coefficient (Wildman–Crippen LogP) is 3.87. The van der Waals surface area contributed by atoms with Crippen molar-refractivity contribution >= 4 is 6.03 Å². The molecule has 0 saturated heterocycles. The molecule has 0 aliphatic heterocycles. The van der Waals surface area contributed by atoms with Gasteiger partial charge in [-0.05, 0) is 31.0 Å². The van der Waals surface area contributed by atoms with Crippen LogP contribution in [0, 0.1) is 0 Å². The smallest absolute Gasteiger partial charge is 0.338 e. The van der Waals surface area contributed by atoms with Crippen LogP contribution in [0.2, 0.25) is 0 Å². The van der Waals surface area contributed by atoms with Gasteiger partial charge >= 0.3 is 12.2 Å². The minimum Gasteiger partial charge on any atom is -0.338 e. The molecule has 1 atom stereocenters. The van der Waals surface area contributed by atoms with E-state index in [4.69, 9.17) is 0 Å². The molecular weight excluding hydrogens is 269 g/mol. The molecule has 6 heteroatoms. The third-order valence-corrected chi connectivity index (χ3v) is 2.88. The normalized spacial score (nSPS) is 12.8. The van der Waals surface area contributed by atoms with Crippen LogP contribution in [0.15, 0.2) is 24.3 Å². The van der Waals surface area contributed by atoms with Crippen LogP contribution in [0.1, 0.15) is 43.9 Å². The number of carbonyl (C=O) groups is 1. The Bertz CT molecular complexity index is 446. The predicted molar refractivity (Wildman–Crippen MR) is 71.3 cm³/mol. The highest BCUT2D eigenvalue weighted by atomic mass is 19.4. The molecule has 1 unspecified atom stereocenters. The van der Waals surface area contributed by atoms with Gasteiger partial charge in [-0.1, -0.05) is 25.5 Å². The van der Waals surface area contributed by atoms with Crippen molar-refractivity contribution in [2.45, 2.75) is 38.9 Å². The summed E-state index contributed by atoms with van der Waals surface area (Å²) < 4.78 is 37.8. The standard InChI is InChI=1S/C14H19F3N2O/c1-3-4-8-18-13(20)19-10(2)11-6-5-7-12(9-11)14(15,16)17/h5-7,9-10H,3-4,8H2,1-2H3,(H2,18,19,20). The van der Waals surface area contributed by atoms with Gasteiger partial charge in [-0.15, -0.1) is 0 Å². The van der Waals surface area contributed by atoms with E-state index in [1.807, 2.05) is 6.92 Å². The zero-order valence-corrected chi connectivity index (χ0v) is 11.6. The van der Waals surface area contributed by atoms with Gasteiger partial charge in [-0.3, -0.25) is 0 Å². The molecule has 2 amide bonds. The Hall–Kier alpha value is -1.72. The van der Waals surface area contributed by atoms with Gasteiger partial charge in [-0.25, -0.2) is 4.79 Å². The lowest BCUT2D eigenvalue weighted by Gasteiger charge is -2.16. The van der Waals surface area contributed by atoms with Crippen LogP contribution in [0.25, 0.3) is 0 Å². The van der Waals surface area contributed by atoms with Gasteiger partial charge in [0.25, 0.3) is 0 Å². The molecule has 1 aromatic carbocycles. The van der Waals surface area contributed by atoms with Crippen LogP contribution in [0.3, 0.4) is 0 Å². The number of alkyl halides is 3. The maximum absolute atomic E-state index is 12.6. The third kappa shape index (κ3) is 5.11. The molecule has 0 spiro atoms. The van der Waals surface area contributed by atoms with Crippen molar-refractivity contribution in [3.8, 4) is 0 Å². The van der Waals surface area contributed by atoms with E-state index in [-0.39, 0.29) is 6.03 Å². The average Bonchev–Trinajstić information content (AvgIpc) is 2.38. The quantitative estimate of drug-likeness (QED) is 0.793. The van der Waals surface area contributed by atoms with Crippen LogP contribution in [-0.4, -0.2) is 12.6 Å². The molecule has 0 bridgehead atoms. The van der Waals surface area contributed by atoms with Crippen molar-refractivity contribution in [3.05, 3.63) is 35.4 Å². The second-order valence-electron chi connectivity index (χ2n) is 4.60. The second kappa shape index (κ2) is 7.17. The fourth-order valence-electron chi connectivity index (χ4n) is 1.69. The molecule has 3 nitrogen and oxygen atoms in total. The summed E-state index contributed by atoms with van der Waals surface area (Å²) >= 11 is 0. The van der Waals surface area contributed by atoms with E-state index in [9.17, 15) is 18.0 Å². The molecule has 0 aliphatic rings. The number of nitrogens with one attached hydrogen (secondary N) is 2. The first-order valence-corrected chi connectivity index (χ1v) is 6.56. The number of hydrogen-bond acceptors (Lipinski definition) is 1. The van der Waals surface area contributed by atoms with Crippen molar-refractivity contribution in [2.75, 3.05) is 6.54 Å². The Morgan fingerprint density at radius 1 is 1.35 bits per heavy atom. The highest BCUT2D eigenvalue weighted by Gasteiger charge is 2.30. The van der Waals surface area contributed by atoms with Gasteiger partial charge in [0.05, 0.1) is 11.6 Å². The molecule has 0 saturated carbocycles. The topological polar surface area (TPSA) is 41.1 Å². The van der Waals surface area contributed by atoms with Crippen molar-refractivity contribution in [1.82, 2.24) is 10.6 Å². The highest BCUT2D eigenvalue weighted by molar-refractivity contribution is 5.74. The molecule has 0 fully saturated rings. The molecular formula is C14H19F3N2O. The number of hydrogen-bond donors (Lipinski definition) is 2. The van der Waals surface area contributed by atoms with Gasteiger partial charge in [0.2, 0.25) is 0 Å². The zero-order chi connectivity index (χ0) is 15.2. The van der Waals surface area contributed by atoms with E-state index in [0.29, 0.717) is 12.1 Å². The van der Waals surface area contributed by atoms with E-state index >= 15 is 0 Å². The van der Waals surface area contributed by atoms with Gasteiger partial charge < -0.3 is 10.6 Å². The van der Waals surface area contributed by atoms with E-state index in [0.717, 1.165) is 25.0 Å². The Morgan fingerprint density at radius 3 is 2.65 bits per heavy atom. The van der Waals surface area contributed by atoms with E-state index in [1.54, 1.807) is 13.0 Å². The number of benzene rings is 1. The minimum atomic E-state index is -4.38. The maximum Gasteiger partial charge on any atom is 0.416 e. The third-order valence-electron chi connectivity index (χ3n) is 2.88. The second-order valence-corrected chi connectivity index (χ2v) is 4.60. The maximum atomic E-state index is 12.6. The molecule has 1 aromatic rings. The molecule has 0 heterocycles. The van der Waals surface area contributed by atoms with E-state index < -0.39 is 17.8 Å². The molecule has 0 aliphatic carbocycles. The highest BCUT2D eigenvalue weighted by Crippen LogP contribution is 2.30. The van der Waals surface area contributed by atoms with Crippen LogP contribution in [-0.2, 0) is 6.18 Å². The van der Waals surface area contributed by atoms with Crippen LogP contribution < -0.4 is 10.6 Å². The lowest BCUT2D eigenvalue weighted by atomic mass is 10.1. The number of unbranched alkanes of at least 4 members (excludes halogenated alkanes) is 1. The summed E-state index contributed by atoms with van der Waals surface area (Å²) in [6, 6.07) is 4.11. The number of halogens is 3. The van der Waals surface area contributed by atoms with Gasteiger partial charge in [-0.2, -0.15) is 13.2 Å². The molecule has 0 aromatic heterocycles. The summed E-state index contributed by atoms with van der Waals surface area (Å²) in [5, 5.41) is 5.27. The van der Waals surface area contributed by atoms with Crippen LogP contribution >= 0.6 is 0 Å². The largest absolute Gasteiger partial charge is 0.416 e. The number of carbonyl (C=O) groups excluding carboxylic acids is 1. The monoisotopic (exact) mass is 288 g/mol. The fraction of sp³-hybridized carbons (Fsp3) is 0.500. The first-order valence-electron chi connectivity index (χ1n) is 6.56. The fourth-order valence-corrected chi connectivity index (χ4v) is 1.69. The van der Waals surface area contributed by atoms with Crippen molar-refractivity contribution < 1.29 is 18.0 Å². The lowest BCUT2D eigenvalue weighted by Crippen LogP contribution is -2.37. The first-order chi connectivity index (χ1) is 9.34. The Kier molecular flexibility index (Phi) is 5.85. The number of urea groups is 1. The Labute approximate surface area is 116 Å². The molecule has 2 N–H and O–H groups in total. The molecule has 0 radical (unpaired) electrons.